The summed E-state index contributed by atoms with van der Waals surface area (Å²) in [7, 11) is 0. The third kappa shape index (κ3) is 4.01. The lowest BCUT2D eigenvalue weighted by Gasteiger charge is -2.03. The Morgan fingerprint density at radius 2 is 2.06 bits per heavy atom. The molecule has 0 heterocycles. The summed E-state index contributed by atoms with van der Waals surface area (Å²) in [6.07, 6.45) is 12.4. The number of benzene rings is 1. The molecule has 1 aromatic carbocycles. The summed E-state index contributed by atoms with van der Waals surface area (Å²) in [6.45, 7) is 0.780. The summed E-state index contributed by atoms with van der Waals surface area (Å²) in [6, 6.07) is 8.83. The molecule has 0 unspecified atom stereocenters. The summed E-state index contributed by atoms with van der Waals surface area (Å²) < 4.78 is 0. The van der Waals surface area contributed by atoms with E-state index in [2.05, 4.69) is 36.4 Å². The van der Waals surface area contributed by atoms with Crippen LogP contribution in [0.2, 0.25) is 0 Å². The van der Waals surface area contributed by atoms with E-state index >= 15 is 0 Å². The van der Waals surface area contributed by atoms with Crippen molar-refractivity contribution in [2.45, 2.75) is 38.5 Å². The highest BCUT2D eigenvalue weighted by Gasteiger charge is 2.10. The van der Waals surface area contributed by atoms with Gasteiger partial charge in [0.05, 0.1) is 0 Å². The Morgan fingerprint density at radius 3 is 2.82 bits per heavy atom. The van der Waals surface area contributed by atoms with Crippen molar-refractivity contribution >= 4 is 6.08 Å². The van der Waals surface area contributed by atoms with Crippen molar-refractivity contribution in [2.75, 3.05) is 6.54 Å². The van der Waals surface area contributed by atoms with Crippen molar-refractivity contribution in [2.24, 2.45) is 11.7 Å². The smallest absolute Gasteiger partial charge is 0.00741 e. The van der Waals surface area contributed by atoms with Gasteiger partial charge in [-0.25, -0.2) is 0 Å². The molecule has 0 spiro atoms. The third-order valence-electron chi connectivity index (χ3n) is 3.58. The molecule has 1 saturated carbocycles. The van der Waals surface area contributed by atoms with Crippen molar-refractivity contribution < 1.29 is 0 Å². The summed E-state index contributed by atoms with van der Waals surface area (Å²) in [5.74, 6) is 0.822. The van der Waals surface area contributed by atoms with Gasteiger partial charge in [-0.05, 0) is 49.3 Å². The molecule has 92 valence electrons. The standard InChI is InChI=1S/C16H23N/c17-12-4-9-15-7-3-8-16(13-15)11-10-14-5-1-2-6-14/h3,7-8,10-11,13-14H,1-2,4-6,9,12,17H2/b11-10+. The molecule has 0 radical (unpaired) electrons. The van der Waals surface area contributed by atoms with Gasteiger partial charge in [-0.15, -0.1) is 0 Å². The molecule has 0 bridgehead atoms. The van der Waals surface area contributed by atoms with Crippen molar-refractivity contribution in [3.8, 4) is 0 Å². The minimum absolute atomic E-state index is 0.780. The lowest BCUT2D eigenvalue weighted by Crippen LogP contribution is -2.00. The number of hydrogen-bond donors (Lipinski definition) is 1. The van der Waals surface area contributed by atoms with E-state index in [1.807, 2.05) is 0 Å². The molecule has 0 saturated heterocycles. The fourth-order valence-corrected chi connectivity index (χ4v) is 2.56. The van der Waals surface area contributed by atoms with Crippen LogP contribution in [0.5, 0.6) is 0 Å². The number of rotatable bonds is 5. The Hall–Kier alpha value is -1.08. The molecular weight excluding hydrogens is 206 g/mol. The van der Waals surface area contributed by atoms with E-state index in [1.54, 1.807) is 0 Å². The van der Waals surface area contributed by atoms with Crippen LogP contribution < -0.4 is 5.73 Å². The zero-order valence-corrected chi connectivity index (χ0v) is 10.6. The van der Waals surface area contributed by atoms with Gasteiger partial charge in [0.1, 0.15) is 0 Å². The molecule has 1 heteroatoms. The predicted molar refractivity (Wildman–Crippen MR) is 74.8 cm³/mol. The third-order valence-corrected chi connectivity index (χ3v) is 3.58. The monoisotopic (exact) mass is 229 g/mol. The molecule has 1 aliphatic carbocycles. The van der Waals surface area contributed by atoms with Crippen LogP contribution in [-0.4, -0.2) is 6.54 Å². The number of allylic oxidation sites excluding steroid dienone is 1. The van der Waals surface area contributed by atoms with E-state index in [1.165, 1.54) is 36.8 Å². The number of nitrogens with two attached hydrogens (primary N) is 1. The summed E-state index contributed by atoms with van der Waals surface area (Å²) in [5, 5.41) is 0. The van der Waals surface area contributed by atoms with Gasteiger partial charge in [-0.1, -0.05) is 49.3 Å². The first kappa shape index (κ1) is 12.4. The van der Waals surface area contributed by atoms with Gasteiger partial charge in [0.2, 0.25) is 0 Å². The fraction of sp³-hybridized carbons (Fsp3) is 0.500. The van der Waals surface area contributed by atoms with Gasteiger partial charge >= 0.3 is 0 Å². The molecule has 0 aromatic heterocycles. The minimum Gasteiger partial charge on any atom is -0.330 e. The maximum Gasteiger partial charge on any atom is -0.00741 e. The Kier molecular flexibility index (Phi) is 4.81. The van der Waals surface area contributed by atoms with Crippen LogP contribution >= 0.6 is 0 Å². The zero-order chi connectivity index (χ0) is 11.9. The quantitative estimate of drug-likeness (QED) is 0.817. The first-order chi connectivity index (χ1) is 8.38. The fourth-order valence-electron chi connectivity index (χ4n) is 2.56. The SMILES string of the molecule is NCCCc1cccc(/C=C/C2CCCC2)c1. The van der Waals surface area contributed by atoms with Crippen LogP contribution in [0.4, 0.5) is 0 Å². The Morgan fingerprint density at radius 1 is 1.24 bits per heavy atom. The second kappa shape index (κ2) is 6.61. The Labute approximate surface area is 105 Å². The van der Waals surface area contributed by atoms with Crippen molar-refractivity contribution in [3.63, 3.8) is 0 Å². The highest BCUT2D eigenvalue weighted by molar-refractivity contribution is 5.50. The van der Waals surface area contributed by atoms with Crippen molar-refractivity contribution in [1.82, 2.24) is 0 Å². The van der Waals surface area contributed by atoms with Crippen molar-refractivity contribution in [1.29, 1.82) is 0 Å². The largest absolute Gasteiger partial charge is 0.330 e. The van der Waals surface area contributed by atoms with E-state index in [4.69, 9.17) is 5.73 Å². The molecule has 0 aliphatic heterocycles. The molecule has 17 heavy (non-hydrogen) atoms. The topological polar surface area (TPSA) is 26.0 Å². The maximum atomic E-state index is 5.54. The maximum absolute atomic E-state index is 5.54. The van der Waals surface area contributed by atoms with E-state index in [-0.39, 0.29) is 0 Å². The molecule has 0 amide bonds. The van der Waals surface area contributed by atoms with E-state index in [0.29, 0.717) is 0 Å². The van der Waals surface area contributed by atoms with Crippen LogP contribution in [-0.2, 0) is 6.42 Å². The summed E-state index contributed by atoms with van der Waals surface area (Å²) in [5.41, 5.74) is 8.29. The second-order valence-corrected chi connectivity index (χ2v) is 5.04. The van der Waals surface area contributed by atoms with Gasteiger partial charge in [0, 0.05) is 0 Å². The van der Waals surface area contributed by atoms with Crippen molar-refractivity contribution in [3.05, 3.63) is 41.5 Å². The molecule has 1 aliphatic rings. The van der Waals surface area contributed by atoms with Gasteiger partial charge in [-0.2, -0.15) is 0 Å². The Bertz CT molecular complexity index is 362. The molecule has 0 atom stereocenters. The van der Waals surface area contributed by atoms with Crippen LogP contribution in [0.15, 0.2) is 30.3 Å². The van der Waals surface area contributed by atoms with Gasteiger partial charge < -0.3 is 5.73 Å². The van der Waals surface area contributed by atoms with Crippen LogP contribution in [0.1, 0.15) is 43.2 Å². The average molecular weight is 229 g/mol. The number of hydrogen-bond acceptors (Lipinski definition) is 1. The van der Waals surface area contributed by atoms with E-state index in [0.717, 1.165) is 25.3 Å². The predicted octanol–water partition coefficient (Wildman–Crippen LogP) is 3.78. The van der Waals surface area contributed by atoms with Gasteiger partial charge in [-0.3, -0.25) is 0 Å². The molecule has 1 nitrogen and oxygen atoms in total. The lowest BCUT2D eigenvalue weighted by atomic mass is 10.0. The Balaban J connectivity index is 1.95. The molecule has 2 rings (SSSR count). The van der Waals surface area contributed by atoms with Crippen LogP contribution in [0.25, 0.3) is 6.08 Å². The summed E-state index contributed by atoms with van der Waals surface area (Å²) >= 11 is 0. The molecular formula is C16H23N. The van der Waals surface area contributed by atoms with E-state index in [9.17, 15) is 0 Å². The zero-order valence-electron chi connectivity index (χ0n) is 10.6. The van der Waals surface area contributed by atoms with Gasteiger partial charge in [0.15, 0.2) is 0 Å². The van der Waals surface area contributed by atoms with Crippen LogP contribution in [0.3, 0.4) is 0 Å². The van der Waals surface area contributed by atoms with Crippen LogP contribution in [0, 0.1) is 5.92 Å². The van der Waals surface area contributed by atoms with Gasteiger partial charge in [0.25, 0.3) is 0 Å². The first-order valence-electron chi connectivity index (χ1n) is 6.86. The average Bonchev–Trinajstić information content (AvgIpc) is 2.87. The summed E-state index contributed by atoms with van der Waals surface area (Å²) in [4.78, 5) is 0. The molecule has 1 aromatic rings. The second-order valence-electron chi connectivity index (χ2n) is 5.04. The van der Waals surface area contributed by atoms with E-state index < -0.39 is 0 Å². The molecule has 1 fully saturated rings. The lowest BCUT2D eigenvalue weighted by molar-refractivity contribution is 0.689. The first-order valence-corrected chi connectivity index (χ1v) is 6.86. The highest BCUT2D eigenvalue weighted by atomic mass is 14.5. The normalized spacial score (nSPS) is 17.0. The minimum atomic E-state index is 0.780. The molecule has 2 N–H and O–H groups in total. The number of aryl methyl sites for hydroxylation is 1. The highest BCUT2D eigenvalue weighted by Crippen LogP contribution is 2.26.